The molecule has 1 aromatic rings. The van der Waals surface area contributed by atoms with E-state index in [-0.39, 0.29) is 11.9 Å². The summed E-state index contributed by atoms with van der Waals surface area (Å²) in [6, 6.07) is 0.145. The first-order valence-electron chi connectivity index (χ1n) is 6.36. The van der Waals surface area contributed by atoms with E-state index < -0.39 is 0 Å². The van der Waals surface area contributed by atoms with Crippen LogP contribution in [0, 0.1) is 11.8 Å². The van der Waals surface area contributed by atoms with E-state index in [2.05, 4.69) is 30.7 Å². The Labute approximate surface area is 102 Å². The maximum atomic E-state index is 12.2. The van der Waals surface area contributed by atoms with Crippen LogP contribution in [-0.4, -0.2) is 27.3 Å². The zero-order chi connectivity index (χ0) is 12.4. The number of carbonyl (C=O) groups is 1. The molecule has 0 spiro atoms. The molecule has 0 saturated carbocycles. The highest BCUT2D eigenvalue weighted by Gasteiger charge is 2.35. The van der Waals surface area contributed by atoms with E-state index in [0.717, 1.165) is 18.8 Å². The number of aromatic amines is 1. The summed E-state index contributed by atoms with van der Waals surface area (Å²) in [6.45, 7) is 7.22. The molecule has 1 aliphatic rings. The summed E-state index contributed by atoms with van der Waals surface area (Å²) in [4.78, 5) is 21.6. The van der Waals surface area contributed by atoms with E-state index in [4.69, 9.17) is 0 Å². The van der Waals surface area contributed by atoms with Crippen molar-refractivity contribution in [3.05, 3.63) is 18.2 Å². The fourth-order valence-corrected chi connectivity index (χ4v) is 2.51. The zero-order valence-electron chi connectivity index (χ0n) is 10.8. The number of aromatic nitrogens is 2. The first-order chi connectivity index (χ1) is 8.08. The molecular weight excluding hydrogens is 214 g/mol. The summed E-state index contributed by atoms with van der Waals surface area (Å²) in [7, 11) is 0. The molecule has 1 aliphatic heterocycles. The summed E-state index contributed by atoms with van der Waals surface area (Å²) in [6.07, 6.45) is 5.22. The summed E-state index contributed by atoms with van der Waals surface area (Å²) >= 11 is 0. The second-order valence-corrected chi connectivity index (χ2v) is 5.48. The Hall–Kier alpha value is -1.32. The zero-order valence-corrected chi connectivity index (χ0v) is 10.8. The van der Waals surface area contributed by atoms with Gasteiger partial charge >= 0.3 is 0 Å². The first kappa shape index (κ1) is 12.1. The fraction of sp³-hybridized carbons (Fsp3) is 0.692. The van der Waals surface area contributed by atoms with Crippen LogP contribution in [0.3, 0.4) is 0 Å². The molecule has 1 amide bonds. The third-order valence-corrected chi connectivity index (χ3v) is 3.25. The smallest absolute Gasteiger partial charge is 0.223 e. The molecule has 4 heteroatoms. The van der Waals surface area contributed by atoms with Crippen LogP contribution in [0.25, 0.3) is 0 Å². The fourth-order valence-electron chi connectivity index (χ4n) is 2.51. The van der Waals surface area contributed by atoms with E-state index >= 15 is 0 Å². The molecule has 1 N–H and O–H groups in total. The maximum absolute atomic E-state index is 12.2. The van der Waals surface area contributed by atoms with Crippen molar-refractivity contribution >= 4 is 5.91 Å². The minimum atomic E-state index is 0.145. The monoisotopic (exact) mass is 235 g/mol. The van der Waals surface area contributed by atoms with Crippen LogP contribution in [0.5, 0.6) is 0 Å². The Bertz CT molecular complexity index is 372. The van der Waals surface area contributed by atoms with Gasteiger partial charge in [0.25, 0.3) is 0 Å². The van der Waals surface area contributed by atoms with Crippen LogP contribution in [0.2, 0.25) is 0 Å². The number of rotatable bonds is 3. The minimum Gasteiger partial charge on any atom is -0.347 e. The molecule has 1 fully saturated rings. The third kappa shape index (κ3) is 2.68. The summed E-state index contributed by atoms with van der Waals surface area (Å²) in [5.41, 5.74) is 0. The lowest BCUT2D eigenvalue weighted by Gasteiger charge is -2.24. The van der Waals surface area contributed by atoms with E-state index in [9.17, 15) is 4.79 Å². The van der Waals surface area contributed by atoms with Gasteiger partial charge in [-0.15, -0.1) is 0 Å². The highest BCUT2D eigenvalue weighted by atomic mass is 16.2. The highest BCUT2D eigenvalue weighted by molar-refractivity contribution is 5.77. The molecule has 0 radical (unpaired) electrons. The second-order valence-electron chi connectivity index (χ2n) is 5.48. The van der Waals surface area contributed by atoms with Gasteiger partial charge in [0.2, 0.25) is 5.91 Å². The summed E-state index contributed by atoms with van der Waals surface area (Å²) in [5, 5.41) is 0. The lowest BCUT2D eigenvalue weighted by molar-refractivity contribution is -0.133. The molecule has 4 nitrogen and oxygen atoms in total. The first-order valence-corrected chi connectivity index (χ1v) is 6.36. The van der Waals surface area contributed by atoms with Gasteiger partial charge in [-0.05, 0) is 18.3 Å². The minimum absolute atomic E-state index is 0.145. The molecule has 0 aliphatic carbocycles. The molecule has 2 atom stereocenters. The standard InChI is InChI=1S/C13H21N3O/c1-9(2)6-12(17)16-8-10(3)7-11(16)13-14-4-5-15-13/h4-5,9-11H,6-8H2,1-3H3,(H,14,15)/t10-,11-/m0/s1. The predicted molar refractivity (Wildman–Crippen MR) is 66.3 cm³/mol. The van der Waals surface area contributed by atoms with Gasteiger partial charge in [0, 0.05) is 25.4 Å². The third-order valence-electron chi connectivity index (χ3n) is 3.25. The van der Waals surface area contributed by atoms with Gasteiger partial charge in [-0.2, -0.15) is 0 Å². The summed E-state index contributed by atoms with van der Waals surface area (Å²) in [5.74, 6) is 2.15. The average Bonchev–Trinajstić information content (AvgIpc) is 2.83. The van der Waals surface area contributed by atoms with Crippen molar-refractivity contribution in [2.75, 3.05) is 6.54 Å². The molecule has 17 heavy (non-hydrogen) atoms. The van der Waals surface area contributed by atoms with Gasteiger partial charge in [-0.3, -0.25) is 4.79 Å². The van der Waals surface area contributed by atoms with Crippen molar-refractivity contribution < 1.29 is 4.79 Å². The van der Waals surface area contributed by atoms with E-state index in [1.165, 1.54) is 0 Å². The quantitative estimate of drug-likeness (QED) is 0.874. The average molecular weight is 235 g/mol. The highest BCUT2D eigenvalue weighted by Crippen LogP contribution is 2.34. The van der Waals surface area contributed by atoms with Crippen LogP contribution >= 0.6 is 0 Å². The molecular formula is C13H21N3O. The van der Waals surface area contributed by atoms with Crippen LogP contribution < -0.4 is 0 Å². The van der Waals surface area contributed by atoms with Crippen molar-refractivity contribution in [1.29, 1.82) is 0 Å². The lowest BCUT2D eigenvalue weighted by atomic mass is 10.1. The van der Waals surface area contributed by atoms with Gasteiger partial charge in [0.15, 0.2) is 0 Å². The van der Waals surface area contributed by atoms with Crippen molar-refractivity contribution in [2.24, 2.45) is 11.8 Å². The Balaban J connectivity index is 2.12. The number of H-pyrrole nitrogens is 1. The van der Waals surface area contributed by atoms with Crippen LogP contribution in [0.4, 0.5) is 0 Å². The van der Waals surface area contributed by atoms with Gasteiger partial charge in [-0.25, -0.2) is 4.98 Å². The Kier molecular flexibility index (Phi) is 3.50. The van der Waals surface area contributed by atoms with Crippen molar-refractivity contribution in [2.45, 2.75) is 39.7 Å². The largest absolute Gasteiger partial charge is 0.347 e. The van der Waals surface area contributed by atoms with Crippen molar-refractivity contribution in [3.8, 4) is 0 Å². The van der Waals surface area contributed by atoms with Gasteiger partial charge in [-0.1, -0.05) is 20.8 Å². The van der Waals surface area contributed by atoms with Gasteiger partial charge < -0.3 is 9.88 Å². The van der Waals surface area contributed by atoms with Crippen LogP contribution in [0.1, 0.15) is 45.5 Å². The summed E-state index contributed by atoms with van der Waals surface area (Å²) < 4.78 is 0. The molecule has 0 bridgehead atoms. The Morgan fingerprint density at radius 1 is 1.65 bits per heavy atom. The normalized spacial score (nSPS) is 24.6. The van der Waals surface area contributed by atoms with Crippen LogP contribution in [0.15, 0.2) is 12.4 Å². The molecule has 2 heterocycles. The number of nitrogens with one attached hydrogen (secondary N) is 1. The van der Waals surface area contributed by atoms with Crippen molar-refractivity contribution in [1.82, 2.24) is 14.9 Å². The maximum Gasteiger partial charge on any atom is 0.223 e. The number of nitrogens with zero attached hydrogens (tertiary/aromatic N) is 2. The molecule has 0 unspecified atom stereocenters. The number of hydrogen-bond acceptors (Lipinski definition) is 2. The van der Waals surface area contributed by atoms with Gasteiger partial charge in [0.05, 0.1) is 6.04 Å². The predicted octanol–water partition coefficient (Wildman–Crippen LogP) is 2.37. The SMILES string of the molecule is CC(C)CC(=O)N1C[C@@H](C)C[C@H]1c1ncc[nH]1. The van der Waals surface area contributed by atoms with E-state index in [0.29, 0.717) is 18.3 Å². The van der Waals surface area contributed by atoms with E-state index in [1.807, 2.05) is 11.1 Å². The van der Waals surface area contributed by atoms with E-state index in [1.54, 1.807) is 6.20 Å². The Morgan fingerprint density at radius 2 is 2.41 bits per heavy atom. The number of likely N-dealkylation sites (tertiary alicyclic amines) is 1. The molecule has 1 saturated heterocycles. The molecule has 2 rings (SSSR count). The lowest BCUT2D eigenvalue weighted by Crippen LogP contribution is -2.32. The molecule has 0 aromatic carbocycles. The number of amides is 1. The van der Waals surface area contributed by atoms with Crippen molar-refractivity contribution in [3.63, 3.8) is 0 Å². The van der Waals surface area contributed by atoms with Crippen LogP contribution in [-0.2, 0) is 4.79 Å². The molecule has 94 valence electrons. The number of imidazole rings is 1. The number of hydrogen-bond donors (Lipinski definition) is 1. The second kappa shape index (κ2) is 4.90. The molecule has 1 aromatic heterocycles. The Morgan fingerprint density at radius 3 is 3.00 bits per heavy atom. The van der Waals surface area contributed by atoms with Gasteiger partial charge in [0.1, 0.15) is 5.82 Å². The topological polar surface area (TPSA) is 49.0 Å². The number of carbonyl (C=O) groups excluding carboxylic acids is 1.